The van der Waals surface area contributed by atoms with E-state index in [1.54, 1.807) is 7.11 Å². The molecule has 3 rings (SSSR count). The number of benzene rings is 1. The Hall–Kier alpha value is -3.07. The molecule has 9 heteroatoms. The molecule has 1 amide bonds. The van der Waals surface area contributed by atoms with Gasteiger partial charge in [0.25, 0.3) is 6.01 Å². The highest BCUT2D eigenvalue weighted by atomic mass is 16.6. The number of aromatic nitrogens is 1. The third kappa shape index (κ3) is 6.72. The largest absolute Gasteiger partial charge is 0.461 e. The second-order valence-corrected chi connectivity index (χ2v) is 8.67. The fourth-order valence-electron chi connectivity index (χ4n) is 3.78. The zero-order chi connectivity index (χ0) is 24.5. The van der Waals surface area contributed by atoms with Gasteiger partial charge in [0.2, 0.25) is 0 Å². The predicted molar refractivity (Wildman–Crippen MR) is 127 cm³/mol. The average molecular weight is 474 g/mol. The number of methoxy groups -OCH3 is 1. The highest BCUT2D eigenvalue weighted by molar-refractivity contribution is 5.89. The quantitative estimate of drug-likeness (QED) is 0.403. The van der Waals surface area contributed by atoms with Crippen molar-refractivity contribution in [1.82, 2.24) is 10.3 Å². The Bertz CT molecular complexity index is 930. The van der Waals surface area contributed by atoms with Crippen molar-refractivity contribution < 1.29 is 28.2 Å². The third-order valence-corrected chi connectivity index (χ3v) is 5.74. The maximum absolute atomic E-state index is 12.5. The van der Waals surface area contributed by atoms with Gasteiger partial charge in [-0.2, -0.15) is 4.98 Å². The van der Waals surface area contributed by atoms with Gasteiger partial charge in [-0.1, -0.05) is 57.5 Å². The number of amides is 1. The van der Waals surface area contributed by atoms with Gasteiger partial charge in [0, 0.05) is 19.6 Å². The van der Waals surface area contributed by atoms with Crippen LogP contribution in [0, 0.1) is 0 Å². The maximum atomic E-state index is 12.5. The van der Waals surface area contributed by atoms with Crippen LogP contribution in [0.5, 0.6) is 0 Å². The van der Waals surface area contributed by atoms with E-state index >= 15 is 0 Å². The van der Waals surface area contributed by atoms with Crippen molar-refractivity contribution in [3.63, 3.8) is 0 Å². The van der Waals surface area contributed by atoms with Gasteiger partial charge >= 0.3 is 12.1 Å². The number of carbonyl (C=O) groups excluding carboxylic acids is 2. The standard InChI is InChI=1S/C25H35N3O6/c1-5-6-14-32-23(29)21-22(17(2)3)34-24(27-21)28-13-12-19(20(15-28)31-4)26-25(30)33-16-18-10-8-7-9-11-18/h7-11,17,19-20H,5-6,12-16H2,1-4H3,(H,26,30)/t19-,20+/m0/s1. The average Bonchev–Trinajstić information content (AvgIpc) is 3.30. The Morgan fingerprint density at radius 2 is 2.00 bits per heavy atom. The van der Waals surface area contributed by atoms with E-state index in [0.29, 0.717) is 37.9 Å². The maximum Gasteiger partial charge on any atom is 0.407 e. The number of nitrogens with one attached hydrogen (secondary N) is 1. The minimum absolute atomic E-state index is 0.0215. The number of oxazole rings is 1. The Morgan fingerprint density at radius 3 is 2.68 bits per heavy atom. The highest BCUT2D eigenvalue weighted by Gasteiger charge is 2.34. The monoisotopic (exact) mass is 473 g/mol. The number of hydrogen-bond acceptors (Lipinski definition) is 8. The SMILES string of the molecule is CCCCOC(=O)c1nc(N2CC[C@H](NC(=O)OCc3ccccc3)[C@H](OC)C2)oc1C(C)C. The Morgan fingerprint density at radius 1 is 1.24 bits per heavy atom. The lowest BCUT2D eigenvalue weighted by atomic mass is 10.0. The fraction of sp³-hybridized carbons (Fsp3) is 0.560. The number of carbonyl (C=O) groups is 2. The molecule has 34 heavy (non-hydrogen) atoms. The highest BCUT2D eigenvalue weighted by Crippen LogP contribution is 2.28. The summed E-state index contributed by atoms with van der Waals surface area (Å²) in [5.41, 5.74) is 1.14. The van der Waals surface area contributed by atoms with Crippen LogP contribution in [-0.2, 0) is 20.8 Å². The molecule has 1 saturated heterocycles. The van der Waals surface area contributed by atoms with Crippen molar-refractivity contribution in [2.45, 2.75) is 64.7 Å². The Kier molecular flexibility index (Phi) is 9.33. The molecule has 2 aromatic rings. The summed E-state index contributed by atoms with van der Waals surface area (Å²) < 4.78 is 22.3. The normalized spacial score (nSPS) is 18.1. The minimum atomic E-state index is -0.486. The second kappa shape index (κ2) is 12.4. The van der Waals surface area contributed by atoms with E-state index in [4.69, 9.17) is 18.6 Å². The van der Waals surface area contributed by atoms with E-state index < -0.39 is 12.1 Å². The van der Waals surface area contributed by atoms with Gasteiger partial charge in [0.15, 0.2) is 5.69 Å². The molecular formula is C25H35N3O6. The zero-order valence-corrected chi connectivity index (χ0v) is 20.4. The van der Waals surface area contributed by atoms with E-state index in [-0.39, 0.29) is 30.4 Å². The first-order valence-corrected chi connectivity index (χ1v) is 11.9. The molecule has 2 heterocycles. The number of esters is 1. The van der Waals surface area contributed by atoms with Crippen LogP contribution < -0.4 is 10.2 Å². The van der Waals surface area contributed by atoms with E-state index in [1.165, 1.54) is 0 Å². The summed E-state index contributed by atoms with van der Waals surface area (Å²) in [6, 6.07) is 9.66. The minimum Gasteiger partial charge on any atom is -0.461 e. The van der Waals surface area contributed by atoms with Crippen molar-refractivity contribution in [3.8, 4) is 0 Å². The Labute approximate surface area is 200 Å². The lowest BCUT2D eigenvalue weighted by Crippen LogP contribution is -2.55. The summed E-state index contributed by atoms with van der Waals surface area (Å²) in [4.78, 5) is 31.3. The van der Waals surface area contributed by atoms with Crippen LogP contribution in [0.25, 0.3) is 0 Å². The molecule has 1 aromatic carbocycles. The second-order valence-electron chi connectivity index (χ2n) is 8.67. The molecule has 0 unspecified atom stereocenters. The van der Waals surface area contributed by atoms with Crippen molar-refractivity contribution in [2.75, 3.05) is 31.7 Å². The van der Waals surface area contributed by atoms with Gasteiger partial charge < -0.3 is 28.8 Å². The molecule has 1 aromatic heterocycles. The molecule has 9 nitrogen and oxygen atoms in total. The molecule has 0 bridgehead atoms. The van der Waals surface area contributed by atoms with E-state index in [9.17, 15) is 9.59 Å². The number of unbranched alkanes of at least 4 members (excludes halogenated alkanes) is 1. The van der Waals surface area contributed by atoms with Crippen molar-refractivity contribution in [1.29, 1.82) is 0 Å². The summed E-state index contributed by atoms with van der Waals surface area (Å²) in [7, 11) is 1.60. The van der Waals surface area contributed by atoms with Crippen molar-refractivity contribution in [2.24, 2.45) is 0 Å². The molecular weight excluding hydrogens is 438 g/mol. The molecule has 2 atom stereocenters. The first-order chi connectivity index (χ1) is 16.4. The molecule has 0 radical (unpaired) electrons. The van der Waals surface area contributed by atoms with Crippen LogP contribution in [-0.4, -0.2) is 56.0 Å². The van der Waals surface area contributed by atoms with E-state index in [2.05, 4.69) is 10.3 Å². The Balaban J connectivity index is 1.60. The summed E-state index contributed by atoms with van der Waals surface area (Å²) in [6.07, 6.45) is 1.56. The number of anilines is 1. The molecule has 0 spiro atoms. The van der Waals surface area contributed by atoms with Gasteiger partial charge in [-0.3, -0.25) is 0 Å². The molecule has 1 fully saturated rings. The smallest absolute Gasteiger partial charge is 0.407 e. The first-order valence-electron chi connectivity index (χ1n) is 11.9. The van der Waals surface area contributed by atoms with Gasteiger partial charge in [-0.05, 0) is 18.4 Å². The molecule has 186 valence electrons. The van der Waals surface area contributed by atoms with Gasteiger partial charge in [-0.25, -0.2) is 9.59 Å². The van der Waals surface area contributed by atoms with Crippen LogP contribution in [0.3, 0.4) is 0 Å². The number of piperidine rings is 1. The predicted octanol–water partition coefficient (Wildman–Crippen LogP) is 4.28. The fourth-order valence-corrected chi connectivity index (χ4v) is 3.78. The number of alkyl carbamates (subject to hydrolysis) is 1. The van der Waals surface area contributed by atoms with E-state index in [1.807, 2.05) is 56.0 Å². The topological polar surface area (TPSA) is 103 Å². The molecule has 1 N–H and O–H groups in total. The summed E-state index contributed by atoms with van der Waals surface area (Å²) in [5, 5.41) is 2.91. The number of rotatable bonds is 10. The lowest BCUT2D eigenvalue weighted by molar-refractivity contribution is 0.0490. The van der Waals surface area contributed by atoms with Crippen LogP contribution >= 0.6 is 0 Å². The van der Waals surface area contributed by atoms with Gasteiger partial charge in [0.1, 0.15) is 12.4 Å². The van der Waals surface area contributed by atoms with Gasteiger partial charge in [0.05, 0.1) is 25.3 Å². The summed E-state index contributed by atoms with van der Waals surface area (Å²) >= 11 is 0. The van der Waals surface area contributed by atoms with E-state index in [0.717, 1.165) is 18.4 Å². The third-order valence-electron chi connectivity index (χ3n) is 5.74. The van der Waals surface area contributed by atoms with Crippen LogP contribution in [0.2, 0.25) is 0 Å². The lowest BCUT2D eigenvalue weighted by Gasteiger charge is -2.37. The summed E-state index contributed by atoms with van der Waals surface area (Å²) in [6.45, 7) is 7.51. The number of ether oxygens (including phenoxy) is 3. The van der Waals surface area contributed by atoms with Crippen LogP contribution in [0.4, 0.5) is 10.8 Å². The van der Waals surface area contributed by atoms with Crippen molar-refractivity contribution in [3.05, 3.63) is 47.3 Å². The summed E-state index contributed by atoms with van der Waals surface area (Å²) in [5.74, 6) is 0.0233. The molecule has 1 aliphatic heterocycles. The molecule has 0 saturated carbocycles. The zero-order valence-electron chi connectivity index (χ0n) is 20.4. The van der Waals surface area contributed by atoms with Crippen LogP contribution in [0.15, 0.2) is 34.7 Å². The van der Waals surface area contributed by atoms with Crippen molar-refractivity contribution >= 4 is 18.1 Å². The van der Waals surface area contributed by atoms with Gasteiger partial charge in [-0.15, -0.1) is 0 Å². The molecule has 1 aliphatic rings. The van der Waals surface area contributed by atoms with Crippen LogP contribution in [0.1, 0.15) is 67.8 Å². The molecule has 0 aliphatic carbocycles. The number of hydrogen-bond donors (Lipinski definition) is 1. The first kappa shape index (κ1) is 25.6. The number of nitrogens with zero attached hydrogens (tertiary/aromatic N) is 2.